The Morgan fingerprint density at radius 1 is 1.27 bits per heavy atom. The number of hydrogen-bond acceptors (Lipinski definition) is 3. The number of aromatic nitrogens is 1. The van der Waals surface area contributed by atoms with Crippen molar-refractivity contribution >= 4 is 5.91 Å². The molecule has 4 nitrogen and oxygen atoms in total. The van der Waals surface area contributed by atoms with Gasteiger partial charge in [-0.15, -0.1) is 0 Å². The number of carbonyl (C=O) groups excluding carboxylic acids is 1. The lowest BCUT2D eigenvalue weighted by Crippen LogP contribution is -2.30. The van der Waals surface area contributed by atoms with Crippen LogP contribution in [0.25, 0.3) is 0 Å². The summed E-state index contributed by atoms with van der Waals surface area (Å²) in [5.74, 6) is 0.429. The Labute approximate surface area is 155 Å². The molecular formula is C22H28N2O2. The molecule has 0 bridgehead atoms. The molecule has 2 N–H and O–H groups in total. The first-order chi connectivity index (χ1) is 12.3. The van der Waals surface area contributed by atoms with Crippen molar-refractivity contribution in [1.29, 1.82) is 0 Å². The number of benzene rings is 1. The van der Waals surface area contributed by atoms with Crippen molar-refractivity contribution in [2.24, 2.45) is 5.92 Å². The Kier molecular flexibility index (Phi) is 5.42. The third-order valence-electron chi connectivity index (χ3n) is 4.88. The normalized spacial score (nSPS) is 15.5. The van der Waals surface area contributed by atoms with E-state index in [-0.39, 0.29) is 11.9 Å². The van der Waals surface area contributed by atoms with Crippen LogP contribution in [0.15, 0.2) is 42.6 Å². The maximum atomic E-state index is 12.7. The summed E-state index contributed by atoms with van der Waals surface area (Å²) >= 11 is 0. The quantitative estimate of drug-likeness (QED) is 0.792. The van der Waals surface area contributed by atoms with Crippen LogP contribution >= 0.6 is 0 Å². The molecule has 1 amide bonds. The molecule has 26 heavy (non-hydrogen) atoms. The molecule has 1 atom stereocenters. The third kappa shape index (κ3) is 5.15. The van der Waals surface area contributed by atoms with Gasteiger partial charge in [-0.2, -0.15) is 0 Å². The molecule has 1 heterocycles. The lowest BCUT2D eigenvalue weighted by molar-refractivity contribution is 0.0713. The summed E-state index contributed by atoms with van der Waals surface area (Å²) in [6.07, 6.45) is 5.57. The zero-order chi connectivity index (χ0) is 18.7. The maximum absolute atomic E-state index is 12.7. The van der Waals surface area contributed by atoms with Crippen LogP contribution in [-0.2, 0) is 6.42 Å². The second-order valence-electron chi connectivity index (χ2n) is 8.06. The molecule has 0 radical (unpaired) electrons. The Hall–Kier alpha value is -2.20. The monoisotopic (exact) mass is 352 g/mol. The topological polar surface area (TPSA) is 62.2 Å². The standard InChI is InChI=1S/C22H28N2O2/c1-15-11-13-23-19(14-15)20(17-8-9-17)24-21(25)18-6-4-16(5-7-18)10-12-22(2,3)26/h4-7,11,13-14,17,20,26H,8-10,12H2,1-3H3,(H,24,25). The highest BCUT2D eigenvalue weighted by Gasteiger charge is 2.34. The molecule has 2 aromatic rings. The summed E-state index contributed by atoms with van der Waals surface area (Å²) in [5.41, 5.74) is 3.22. The van der Waals surface area contributed by atoms with Crippen molar-refractivity contribution in [3.63, 3.8) is 0 Å². The van der Waals surface area contributed by atoms with Crippen molar-refractivity contribution < 1.29 is 9.90 Å². The summed E-state index contributed by atoms with van der Waals surface area (Å²) in [5, 5.41) is 13.0. The van der Waals surface area contributed by atoms with Crippen LogP contribution in [0.4, 0.5) is 0 Å². The van der Waals surface area contributed by atoms with Crippen LogP contribution in [0.5, 0.6) is 0 Å². The molecule has 3 rings (SSSR count). The zero-order valence-electron chi connectivity index (χ0n) is 15.8. The van der Waals surface area contributed by atoms with Gasteiger partial charge in [0, 0.05) is 11.8 Å². The Morgan fingerprint density at radius 3 is 2.54 bits per heavy atom. The molecule has 1 aromatic heterocycles. The highest BCUT2D eigenvalue weighted by molar-refractivity contribution is 5.94. The van der Waals surface area contributed by atoms with Gasteiger partial charge < -0.3 is 10.4 Å². The Morgan fingerprint density at radius 2 is 1.96 bits per heavy atom. The van der Waals surface area contributed by atoms with E-state index in [1.807, 2.05) is 57.3 Å². The molecule has 1 aliphatic carbocycles. The summed E-state index contributed by atoms with van der Waals surface area (Å²) < 4.78 is 0. The second kappa shape index (κ2) is 7.58. The minimum absolute atomic E-state index is 0.0164. The highest BCUT2D eigenvalue weighted by Crippen LogP contribution is 2.40. The lowest BCUT2D eigenvalue weighted by atomic mass is 9.98. The van der Waals surface area contributed by atoms with Gasteiger partial charge in [0.1, 0.15) is 0 Å². The summed E-state index contributed by atoms with van der Waals surface area (Å²) in [4.78, 5) is 17.2. The van der Waals surface area contributed by atoms with Gasteiger partial charge in [-0.3, -0.25) is 9.78 Å². The Balaban J connectivity index is 1.66. The molecule has 1 fully saturated rings. The molecule has 138 valence electrons. The first-order valence-corrected chi connectivity index (χ1v) is 9.36. The minimum Gasteiger partial charge on any atom is -0.390 e. The number of amides is 1. The van der Waals surface area contributed by atoms with Gasteiger partial charge in [-0.1, -0.05) is 12.1 Å². The number of aliphatic hydroxyl groups is 1. The first-order valence-electron chi connectivity index (χ1n) is 9.36. The van der Waals surface area contributed by atoms with Crippen LogP contribution in [0.1, 0.15) is 66.3 Å². The fourth-order valence-corrected chi connectivity index (χ4v) is 3.09. The number of rotatable bonds is 7. The number of nitrogens with one attached hydrogen (secondary N) is 1. The zero-order valence-corrected chi connectivity index (χ0v) is 15.8. The van der Waals surface area contributed by atoms with Crippen molar-refractivity contribution in [2.75, 3.05) is 0 Å². The predicted molar refractivity (Wildman–Crippen MR) is 103 cm³/mol. The molecular weight excluding hydrogens is 324 g/mol. The van der Waals surface area contributed by atoms with E-state index in [9.17, 15) is 9.90 Å². The van der Waals surface area contributed by atoms with E-state index >= 15 is 0 Å². The van der Waals surface area contributed by atoms with Crippen LogP contribution in [0.2, 0.25) is 0 Å². The van der Waals surface area contributed by atoms with Gasteiger partial charge in [0.15, 0.2) is 0 Å². The van der Waals surface area contributed by atoms with E-state index < -0.39 is 5.60 Å². The Bertz CT molecular complexity index is 758. The van der Waals surface area contributed by atoms with E-state index in [2.05, 4.69) is 16.4 Å². The summed E-state index contributed by atoms with van der Waals surface area (Å²) in [6.45, 7) is 5.67. The molecule has 0 saturated heterocycles. The van der Waals surface area contributed by atoms with Crippen molar-refractivity contribution in [2.45, 2.75) is 58.1 Å². The summed E-state index contributed by atoms with van der Waals surface area (Å²) in [7, 11) is 0. The van der Waals surface area contributed by atoms with Crippen LogP contribution in [0, 0.1) is 12.8 Å². The van der Waals surface area contributed by atoms with Gasteiger partial charge in [0.2, 0.25) is 0 Å². The average Bonchev–Trinajstić information content (AvgIpc) is 3.42. The fraction of sp³-hybridized carbons (Fsp3) is 0.455. The smallest absolute Gasteiger partial charge is 0.251 e. The largest absolute Gasteiger partial charge is 0.390 e. The lowest BCUT2D eigenvalue weighted by Gasteiger charge is -2.19. The SMILES string of the molecule is Cc1ccnc(C(NC(=O)c2ccc(CCC(C)(C)O)cc2)C2CC2)c1. The average molecular weight is 352 g/mol. The van der Waals surface area contributed by atoms with E-state index in [0.717, 1.165) is 36.1 Å². The molecule has 1 unspecified atom stereocenters. The number of carbonyl (C=O) groups is 1. The first kappa shape index (κ1) is 18.6. The minimum atomic E-state index is -0.672. The van der Waals surface area contributed by atoms with Crippen LogP contribution < -0.4 is 5.32 Å². The van der Waals surface area contributed by atoms with E-state index in [0.29, 0.717) is 17.9 Å². The number of nitrogens with zero attached hydrogens (tertiary/aromatic N) is 1. The van der Waals surface area contributed by atoms with Crippen molar-refractivity contribution in [3.8, 4) is 0 Å². The predicted octanol–water partition coefficient (Wildman–Crippen LogP) is 3.97. The van der Waals surface area contributed by atoms with Crippen LogP contribution in [-0.4, -0.2) is 21.6 Å². The van der Waals surface area contributed by atoms with Crippen molar-refractivity contribution in [1.82, 2.24) is 10.3 Å². The number of hydrogen-bond donors (Lipinski definition) is 2. The van der Waals surface area contributed by atoms with Gasteiger partial charge in [0.25, 0.3) is 5.91 Å². The van der Waals surface area contributed by atoms with E-state index in [4.69, 9.17) is 0 Å². The molecule has 1 saturated carbocycles. The van der Waals surface area contributed by atoms with Crippen molar-refractivity contribution in [3.05, 3.63) is 65.0 Å². The van der Waals surface area contributed by atoms with E-state index in [1.54, 1.807) is 0 Å². The maximum Gasteiger partial charge on any atom is 0.251 e. The second-order valence-corrected chi connectivity index (χ2v) is 8.06. The molecule has 1 aromatic carbocycles. The highest BCUT2D eigenvalue weighted by atomic mass is 16.3. The van der Waals surface area contributed by atoms with Gasteiger partial charge in [-0.25, -0.2) is 0 Å². The summed E-state index contributed by atoms with van der Waals surface area (Å²) in [6, 6.07) is 11.7. The third-order valence-corrected chi connectivity index (χ3v) is 4.88. The molecule has 0 aliphatic heterocycles. The van der Waals surface area contributed by atoms with E-state index in [1.165, 1.54) is 0 Å². The van der Waals surface area contributed by atoms with Gasteiger partial charge in [-0.05, 0) is 87.8 Å². The number of pyridine rings is 1. The number of aryl methyl sites for hydroxylation is 2. The fourth-order valence-electron chi connectivity index (χ4n) is 3.09. The molecule has 0 spiro atoms. The molecule has 4 heteroatoms. The van der Waals surface area contributed by atoms with Crippen LogP contribution in [0.3, 0.4) is 0 Å². The van der Waals surface area contributed by atoms with Gasteiger partial charge >= 0.3 is 0 Å². The molecule has 1 aliphatic rings. The van der Waals surface area contributed by atoms with Gasteiger partial charge in [0.05, 0.1) is 17.3 Å².